The average Bonchev–Trinajstić information content (AvgIpc) is 2.38. The van der Waals surface area contributed by atoms with Crippen LogP contribution in [-0.2, 0) is 9.59 Å². The van der Waals surface area contributed by atoms with Gasteiger partial charge >= 0.3 is 5.97 Å². The normalized spacial score (nSPS) is 11.4. The third-order valence-electron chi connectivity index (χ3n) is 3.18. The lowest BCUT2D eigenvalue weighted by molar-refractivity contribution is -0.149. The molecule has 0 fully saturated rings. The largest absolute Gasteiger partial charge is 0.480 e. The lowest BCUT2D eigenvalue weighted by Gasteiger charge is -2.33. The fourth-order valence-electron chi connectivity index (χ4n) is 1.77. The van der Waals surface area contributed by atoms with Crippen molar-refractivity contribution in [1.82, 2.24) is 4.90 Å². The molecule has 20 heavy (non-hydrogen) atoms. The summed E-state index contributed by atoms with van der Waals surface area (Å²) in [5.74, 6) is -1.99. The molecule has 0 unspecified atom stereocenters. The summed E-state index contributed by atoms with van der Waals surface area (Å²) in [5, 5.41) is 11.6. The van der Waals surface area contributed by atoms with Gasteiger partial charge in [-0.15, -0.1) is 0 Å². The van der Waals surface area contributed by atoms with Crippen molar-refractivity contribution in [2.45, 2.75) is 26.3 Å². The zero-order valence-electron chi connectivity index (χ0n) is 11.8. The van der Waals surface area contributed by atoms with E-state index in [9.17, 15) is 14.0 Å². The van der Waals surface area contributed by atoms with Crippen molar-refractivity contribution in [2.75, 3.05) is 18.4 Å². The van der Waals surface area contributed by atoms with Gasteiger partial charge in [-0.25, -0.2) is 4.39 Å². The Balaban J connectivity index is 2.74. The van der Waals surface area contributed by atoms with Gasteiger partial charge in [0.05, 0.1) is 12.2 Å². The van der Waals surface area contributed by atoms with Crippen LogP contribution in [0.4, 0.5) is 10.1 Å². The molecular weight excluding hydrogens is 263 g/mol. The number of amides is 1. The fraction of sp³-hybridized carbons (Fsp3) is 0.429. The predicted molar refractivity (Wildman–Crippen MR) is 74.0 cm³/mol. The lowest BCUT2D eigenvalue weighted by atomic mass is 10.0. The molecule has 0 aromatic heterocycles. The van der Waals surface area contributed by atoms with Crippen molar-refractivity contribution >= 4 is 17.6 Å². The Hall–Kier alpha value is -1.95. The smallest absolute Gasteiger partial charge is 0.323 e. The van der Waals surface area contributed by atoms with Crippen molar-refractivity contribution in [1.29, 1.82) is 0 Å². The van der Waals surface area contributed by atoms with Gasteiger partial charge in [-0.3, -0.25) is 14.5 Å². The molecule has 0 spiro atoms. The third kappa shape index (κ3) is 3.77. The van der Waals surface area contributed by atoms with Crippen molar-refractivity contribution in [3.63, 3.8) is 0 Å². The molecule has 0 aliphatic carbocycles. The molecule has 0 atom stereocenters. The number of para-hydroxylation sites is 1. The number of anilines is 1. The van der Waals surface area contributed by atoms with Crippen LogP contribution in [-0.4, -0.2) is 40.5 Å². The van der Waals surface area contributed by atoms with Gasteiger partial charge in [-0.05, 0) is 32.5 Å². The number of carboxylic acid groups (broad SMARTS) is 1. The van der Waals surface area contributed by atoms with Crippen LogP contribution in [0.1, 0.15) is 20.8 Å². The zero-order chi connectivity index (χ0) is 15.3. The minimum atomic E-state index is -1.17. The summed E-state index contributed by atoms with van der Waals surface area (Å²) < 4.78 is 13.4. The molecule has 0 radical (unpaired) electrons. The number of nitrogens with one attached hydrogen (secondary N) is 1. The number of nitrogens with zero attached hydrogens (tertiary/aromatic N) is 1. The summed E-state index contributed by atoms with van der Waals surface area (Å²) in [4.78, 5) is 24.6. The molecule has 1 rings (SSSR count). The minimum absolute atomic E-state index is 0.0849. The lowest BCUT2D eigenvalue weighted by Crippen LogP contribution is -2.52. The number of carbonyl (C=O) groups excluding carboxylic acids is 1. The highest BCUT2D eigenvalue weighted by molar-refractivity contribution is 5.93. The van der Waals surface area contributed by atoms with Crippen LogP contribution in [0.15, 0.2) is 24.3 Å². The first-order valence-corrected chi connectivity index (χ1v) is 6.31. The van der Waals surface area contributed by atoms with Crippen LogP contribution in [0.2, 0.25) is 0 Å². The Labute approximate surface area is 117 Å². The van der Waals surface area contributed by atoms with E-state index in [-0.39, 0.29) is 12.2 Å². The van der Waals surface area contributed by atoms with Gasteiger partial charge in [0.15, 0.2) is 0 Å². The number of rotatable bonds is 6. The molecule has 1 amide bonds. The molecule has 1 aromatic carbocycles. The van der Waals surface area contributed by atoms with Gasteiger partial charge in [0, 0.05) is 0 Å². The number of carbonyl (C=O) groups is 2. The molecular formula is C14H19FN2O3. The molecule has 0 bridgehead atoms. The van der Waals surface area contributed by atoms with E-state index in [0.717, 1.165) is 0 Å². The maximum atomic E-state index is 13.4. The highest BCUT2D eigenvalue weighted by atomic mass is 19.1. The highest BCUT2D eigenvalue weighted by Gasteiger charge is 2.34. The molecule has 0 heterocycles. The number of halogens is 1. The van der Waals surface area contributed by atoms with Gasteiger partial charge < -0.3 is 10.4 Å². The summed E-state index contributed by atoms with van der Waals surface area (Å²) in [7, 11) is 0. The molecule has 1 aromatic rings. The van der Waals surface area contributed by atoms with E-state index >= 15 is 0 Å². The molecule has 5 nitrogen and oxygen atoms in total. The van der Waals surface area contributed by atoms with Gasteiger partial charge in [-0.2, -0.15) is 0 Å². The van der Waals surface area contributed by atoms with Crippen LogP contribution in [0.5, 0.6) is 0 Å². The van der Waals surface area contributed by atoms with Crippen molar-refractivity contribution in [3.05, 3.63) is 30.1 Å². The second-order valence-electron chi connectivity index (χ2n) is 4.91. The van der Waals surface area contributed by atoms with Gasteiger partial charge in [-0.1, -0.05) is 19.1 Å². The topological polar surface area (TPSA) is 69.6 Å². The summed E-state index contributed by atoms with van der Waals surface area (Å²) in [5.41, 5.74) is -1.08. The first-order valence-electron chi connectivity index (χ1n) is 6.31. The van der Waals surface area contributed by atoms with Crippen LogP contribution in [0, 0.1) is 5.82 Å². The maximum absolute atomic E-state index is 13.4. The molecule has 0 aliphatic heterocycles. The van der Waals surface area contributed by atoms with E-state index in [1.807, 2.05) is 0 Å². The van der Waals surface area contributed by atoms with Crippen LogP contribution in [0.25, 0.3) is 0 Å². The van der Waals surface area contributed by atoms with Crippen LogP contribution in [0.3, 0.4) is 0 Å². The van der Waals surface area contributed by atoms with E-state index in [4.69, 9.17) is 5.11 Å². The Bertz CT molecular complexity index is 503. The quantitative estimate of drug-likeness (QED) is 0.836. The molecule has 0 saturated carbocycles. The molecule has 6 heteroatoms. The Morgan fingerprint density at radius 2 is 1.95 bits per heavy atom. The zero-order valence-corrected chi connectivity index (χ0v) is 11.8. The Morgan fingerprint density at radius 3 is 2.45 bits per heavy atom. The first-order chi connectivity index (χ1) is 9.28. The second-order valence-corrected chi connectivity index (χ2v) is 4.91. The van der Waals surface area contributed by atoms with Gasteiger partial charge in [0.2, 0.25) is 5.91 Å². The number of benzene rings is 1. The number of aliphatic carboxylic acids is 1. The Morgan fingerprint density at radius 1 is 1.35 bits per heavy atom. The average molecular weight is 282 g/mol. The molecule has 0 aliphatic rings. The summed E-state index contributed by atoms with van der Waals surface area (Å²) >= 11 is 0. The number of hydrogen-bond donors (Lipinski definition) is 2. The van der Waals surface area contributed by atoms with E-state index in [2.05, 4.69) is 5.32 Å². The number of carboxylic acids is 1. The van der Waals surface area contributed by atoms with E-state index < -0.39 is 23.2 Å². The standard InChI is InChI=1S/C14H19FN2O3/c1-4-17(14(2,3)13(19)20)9-12(18)16-11-8-6-5-7-10(11)15/h5-8H,4,9H2,1-3H3,(H,16,18)(H,19,20). The fourth-order valence-corrected chi connectivity index (χ4v) is 1.77. The first kappa shape index (κ1) is 16.1. The van der Waals surface area contributed by atoms with E-state index in [0.29, 0.717) is 6.54 Å². The summed E-state index contributed by atoms with van der Waals surface area (Å²) in [6, 6.07) is 5.83. The van der Waals surface area contributed by atoms with Gasteiger partial charge in [0.1, 0.15) is 11.4 Å². The summed E-state index contributed by atoms with van der Waals surface area (Å²) in [6.07, 6.45) is 0. The van der Waals surface area contributed by atoms with Gasteiger partial charge in [0.25, 0.3) is 0 Å². The Kier molecular flexibility index (Phi) is 5.21. The second kappa shape index (κ2) is 6.47. The molecule has 110 valence electrons. The van der Waals surface area contributed by atoms with Crippen molar-refractivity contribution in [3.8, 4) is 0 Å². The maximum Gasteiger partial charge on any atom is 0.323 e. The number of hydrogen-bond acceptors (Lipinski definition) is 3. The van der Waals surface area contributed by atoms with Crippen molar-refractivity contribution in [2.24, 2.45) is 0 Å². The third-order valence-corrected chi connectivity index (χ3v) is 3.18. The van der Waals surface area contributed by atoms with E-state index in [1.165, 1.54) is 36.9 Å². The molecule has 2 N–H and O–H groups in total. The minimum Gasteiger partial charge on any atom is -0.480 e. The van der Waals surface area contributed by atoms with E-state index in [1.54, 1.807) is 13.0 Å². The van der Waals surface area contributed by atoms with Crippen LogP contribution < -0.4 is 5.32 Å². The highest BCUT2D eigenvalue weighted by Crippen LogP contribution is 2.16. The SMILES string of the molecule is CCN(CC(=O)Nc1ccccc1F)C(C)(C)C(=O)O. The monoisotopic (exact) mass is 282 g/mol. The predicted octanol–water partition coefficient (Wildman–Crippen LogP) is 1.95. The van der Waals surface area contributed by atoms with Crippen molar-refractivity contribution < 1.29 is 19.1 Å². The van der Waals surface area contributed by atoms with Crippen LogP contribution >= 0.6 is 0 Å². The number of likely N-dealkylation sites (N-methyl/N-ethyl adjacent to an activating group) is 1. The molecule has 0 saturated heterocycles. The summed E-state index contributed by atoms with van der Waals surface area (Å²) in [6.45, 7) is 5.08.